The lowest BCUT2D eigenvalue weighted by Gasteiger charge is -2.24. The van der Waals surface area contributed by atoms with Crippen molar-refractivity contribution in [1.29, 1.82) is 0 Å². The highest BCUT2D eigenvalue weighted by molar-refractivity contribution is 8.00. The highest BCUT2D eigenvalue weighted by Crippen LogP contribution is 2.51. The van der Waals surface area contributed by atoms with E-state index in [4.69, 9.17) is 35.6 Å². The van der Waals surface area contributed by atoms with Gasteiger partial charge in [0.25, 0.3) is 0 Å². The predicted octanol–water partition coefficient (Wildman–Crippen LogP) is 5.68. The number of aromatic nitrogens is 2. The van der Waals surface area contributed by atoms with Crippen LogP contribution in [0.1, 0.15) is 29.2 Å². The quantitative estimate of drug-likeness (QED) is 0.231. The molecule has 2 atom stereocenters. The molecule has 12 heteroatoms. The molecule has 0 radical (unpaired) electrons. The molecule has 3 aromatic carbocycles. The molecule has 0 saturated carbocycles. The van der Waals surface area contributed by atoms with Crippen molar-refractivity contribution < 1.29 is 28.5 Å². The molecule has 2 aliphatic heterocycles. The first kappa shape index (κ1) is 31.8. The molecule has 10 nitrogen and oxygen atoms in total. The summed E-state index contributed by atoms with van der Waals surface area (Å²) in [6.45, 7) is 0.887. The number of methoxy groups -OCH3 is 3. The summed E-state index contributed by atoms with van der Waals surface area (Å²) in [7, 11) is 4.83. The Labute approximate surface area is 276 Å². The van der Waals surface area contributed by atoms with Gasteiger partial charge in [0.2, 0.25) is 11.8 Å². The summed E-state index contributed by atoms with van der Waals surface area (Å²) < 4.78 is 24.3. The van der Waals surface area contributed by atoms with Crippen LogP contribution in [0, 0.1) is 0 Å². The molecule has 0 aliphatic carbocycles. The van der Waals surface area contributed by atoms with Gasteiger partial charge in [0.15, 0.2) is 0 Å². The molecular weight excluding hydrogens is 628 g/mol. The number of hydrogen-bond donors (Lipinski definition) is 1. The third kappa shape index (κ3) is 6.53. The van der Waals surface area contributed by atoms with E-state index in [-0.39, 0.29) is 30.2 Å². The molecule has 1 saturated heterocycles. The van der Waals surface area contributed by atoms with Crippen LogP contribution in [0.4, 0.5) is 5.82 Å². The Bertz CT molecular complexity index is 1710. The van der Waals surface area contributed by atoms with E-state index in [2.05, 4.69) is 5.32 Å². The first-order valence-corrected chi connectivity index (χ1v) is 16.4. The van der Waals surface area contributed by atoms with E-state index in [0.717, 1.165) is 29.5 Å². The number of thioether (sulfide) groups is 1. The van der Waals surface area contributed by atoms with Crippen molar-refractivity contribution in [2.75, 3.05) is 51.7 Å². The summed E-state index contributed by atoms with van der Waals surface area (Å²) in [6, 6.07) is 20.4. The second-order valence-electron chi connectivity index (χ2n) is 10.9. The van der Waals surface area contributed by atoms with Gasteiger partial charge in [-0.05, 0) is 67.4 Å². The Kier molecular flexibility index (Phi) is 9.72. The predicted molar refractivity (Wildman–Crippen MR) is 179 cm³/mol. The van der Waals surface area contributed by atoms with Crippen LogP contribution in [0.15, 0.2) is 66.7 Å². The number of amides is 2. The van der Waals surface area contributed by atoms with Crippen LogP contribution in [0.2, 0.25) is 5.02 Å². The van der Waals surface area contributed by atoms with E-state index in [0.29, 0.717) is 52.6 Å². The molecule has 0 bridgehead atoms. The summed E-state index contributed by atoms with van der Waals surface area (Å²) in [5.41, 5.74) is 3.71. The number of anilines is 1. The van der Waals surface area contributed by atoms with Crippen molar-refractivity contribution in [3.63, 3.8) is 0 Å². The van der Waals surface area contributed by atoms with Gasteiger partial charge in [-0.1, -0.05) is 23.7 Å². The number of rotatable bonds is 10. The maximum atomic E-state index is 14.1. The Hall–Kier alpha value is -4.19. The first-order valence-electron chi connectivity index (χ1n) is 15.0. The van der Waals surface area contributed by atoms with Crippen LogP contribution in [0.25, 0.3) is 16.9 Å². The third-order valence-corrected chi connectivity index (χ3v) is 9.58. The second kappa shape index (κ2) is 14.1. The van der Waals surface area contributed by atoms with Crippen molar-refractivity contribution in [2.24, 2.45) is 0 Å². The van der Waals surface area contributed by atoms with Gasteiger partial charge in [-0.3, -0.25) is 14.5 Å². The molecule has 1 N–H and O–H groups in total. The van der Waals surface area contributed by atoms with E-state index in [1.54, 1.807) is 26.0 Å². The molecule has 4 aromatic rings. The minimum atomic E-state index is -0.415. The van der Waals surface area contributed by atoms with Crippen molar-refractivity contribution in [1.82, 2.24) is 15.1 Å². The fraction of sp³-hybridized carbons (Fsp3) is 0.324. The smallest absolute Gasteiger partial charge is 0.240 e. The van der Waals surface area contributed by atoms with Gasteiger partial charge in [0, 0.05) is 34.9 Å². The standard InChI is InChI=1S/C34H35ClN4O6S/c1-42-24-12-10-23(11-13-24)39-34-31(32(37-39)21-6-8-22(35)9-7-21)33(27-17-25(43-2)14-15-28(27)44-3)46-20-30(41)38(34)19-29(40)36-18-26-5-4-16-45-26/h6-15,17,26,33H,4-5,16,18-20H2,1-3H3,(H,36,40). The number of carbonyl (C=O) groups is 2. The van der Waals surface area contributed by atoms with Gasteiger partial charge in [0.05, 0.1) is 49.8 Å². The third-order valence-electron chi connectivity index (χ3n) is 8.10. The molecule has 1 aromatic heterocycles. The summed E-state index contributed by atoms with van der Waals surface area (Å²) in [5.74, 6) is 2.06. The Morgan fingerprint density at radius 3 is 2.43 bits per heavy atom. The molecule has 2 aliphatic rings. The first-order chi connectivity index (χ1) is 22.4. The van der Waals surface area contributed by atoms with Crippen LogP contribution in [-0.2, 0) is 14.3 Å². The zero-order valence-electron chi connectivity index (χ0n) is 25.8. The molecule has 1 fully saturated rings. The van der Waals surface area contributed by atoms with Crippen LogP contribution < -0.4 is 24.4 Å². The number of halogens is 1. The van der Waals surface area contributed by atoms with Gasteiger partial charge in [-0.15, -0.1) is 11.8 Å². The molecule has 0 spiro atoms. The monoisotopic (exact) mass is 662 g/mol. The van der Waals surface area contributed by atoms with Crippen LogP contribution >= 0.6 is 23.4 Å². The van der Waals surface area contributed by atoms with E-state index in [9.17, 15) is 9.59 Å². The number of nitrogens with one attached hydrogen (secondary N) is 1. The molecule has 3 heterocycles. The lowest BCUT2D eigenvalue weighted by molar-refractivity contribution is -0.123. The molecule has 2 amide bonds. The summed E-state index contributed by atoms with van der Waals surface area (Å²) in [4.78, 5) is 29.1. The molecule has 2 unspecified atom stereocenters. The van der Waals surface area contributed by atoms with E-state index in [1.807, 2.05) is 66.7 Å². The maximum Gasteiger partial charge on any atom is 0.240 e. The zero-order valence-corrected chi connectivity index (χ0v) is 27.4. The molecule has 240 valence electrons. The van der Waals surface area contributed by atoms with E-state index in [1.165, 1.54) is 16.7 Å². The SMILES string of the molecule is COc1ccc(-n2nc(-c3ccc(Cl)cc3)c3c2N(CC(=O)NCC2CCCO2)C(=O)CSC3c2cc(OC)ccc2OC)cc1. The number of benzene rings is 3. The Morgan fingerprint density at radius 1 is 1.02 bits per heavy atom. The van der Waals surface area contributed by atoms with Crippen molar-refractivity contribution in [3.05, 3.63) is 82.9 Å². The summed E-state index contributed by atoms with van der Waals surface area (Å²) in [6.07, 6.45) is 1.83. The maximum absolute atomic E-state index is 14.1. The Morgan fingerprint density at radius 2 is 1.76 bits per heavy atom. The average molecular weight is 663 g/mol. The fourth-order valence-corrected chi connectivity index (χ4v) is 7.10. The fourth-order valence-electron chi connectivity index (χ4n) is 5.77. The summed E-state index contributed by atoms with van der Waals surface area (Å²) in [5, 5.41) is 8.28. The van der Waals surface area contributed by atoms with Crippen LogP contribution in [0.3, 0.4) is 0 Å². The molecular formula is C34H35ClN4O6S. The van der Waals surface area contributed by atoms with Gasteiger partial charge in [-0.25, -0.2) is 4.68 Å². The van der Waals surface area contributed by atoms with Crippen molar-refractivity contribution in [3.8, 4) is 34.2 Å². The number of carbonyl (C=O) groups excluding carboxylic acids is 2. The Balaban J connectivity index is 1.56. The zero-order chi connectivity index (χ0) is 32.2. The lowest BCUT2D eigenvalue weighted by atomic mass is 9.98. The number of hydrogen-bond acceptors (Lipinski definition) is 8. The van der Waals surface area contributed by atoms with E-state index < -0.39 is 5.25 Å². The molecule has 46 heavy (non-hydrogen) atoms. The summed E-state index contributed by atoms with van der Waals surface area (Å²) >= 11 is 7.74. The largest absolute Gasteiger partial charge is 0.497 e. The van der Waals surface area contributed by atoms with Crippen molar-refractivity contribution in [2.45, 2.75) is 24.2 Å². The van der Waals surface area contributed by atoms with Gasteiger partial charge < -0.3 is 24.3 Å². The van der Waals surface area contributed by atoms with Gasteiger partial charge in [0.1, 0.15) is 29.6 Å². The van der Waals surface area contributed by atoms with Gasteiger partial charge >= 0.3 is 0 Å². The minimum Gasteiger partial charge on any atom is -0.497 e. The molecule has 6 rings (SSSR count). The lowest BCUT2D eigenvalue weighted by Crippen LogP contribution is -2.44. The normalized spacial score (nSPS) is 17.7. The highest BCUT2D eigenvalue weighted by Gasteiger charge is 2.39. The van der Waals surface area contributed by atoms with Crippen LogP contribution in [-0.4, -0.2) is 74.5 Å². The van der Waals surface area contributed by atoms with E-state index >= 15 is 0 Å². The average Bonchev–Trinajstić information content (AvgIpc) is 3.72. The van der Waals surface area contributed by atoms with Gasteiger partial charge in [-0.2, -0.15) is 5.10 Å². The van der Waals surface area contributed by atoms with Crippen molar-refractivity contribution >= 4 is 41.0 Å². The number of ether oxygens (including phenoxy) is 4. The minimum absolute atomic E-state index is 0.0267. The van der Waals surface area contributed by atoms with Crippen LogP contribution in [0.5, 0.6) is 17.2 Å². The number of nitrogens with zero attached hydrogens (tertiary/aromatic N) is 3. The second-order valence-corrected chi connectivity index (χ2v) is 12.5. The highest BCUT2D eigenvalue weighted by atomic mass is 35.5. The topological polar surface area (TPSA) is 104 Å². The number of fused-ring (bicyclic) bond motifs is 1.